The fraction of sp³-hybridized carbons (Fsp3) is 0.250. The summed E-state index contributed by atoms with van der Waals surface area (Å²) in [6.07, 6.45) is 7.94. The molecule has 1 aromatic carbocycles. The summed E-state index contributed by atoms with van der Waals surface area (Å²) in [5, 5.41) is 0. The molecule has 0 bridgehead atoms. The van der Waals surface area contributed by atoms with E-state index in [0.29, 0.717) is 5.65 Å². The van der Waals surface area contributed by atoms with E-state index in [1.165, 1.54) is 5.56 Å². The molecule has 0 aliphatic carbocycles. The van der Waals surface area contributed by atoms with Gasteiger partial charge in [0.1, 0.15) is 11.8 Å². The number of anilines is 2. The van der Waals surface area contributed by atoms with E-state index in [4.69, 9.17) is 0 Å². The summed E-state index contributed by atoms with van der Waals surface area (Å²) in [6, 6.07) is 10.4. The van der Waals surface area contributed by atoms with Crippen molar-refractivity contribution < 1.29 is 0 Å². The van der Waals surface area contributed by atoms with Gasteiger partial charge in [0.15, 0.2) is 11.5 Å². The van der Waals surface area contributed by atoms with Gasteiger partial charge in [0.2, 0.25) is 5.95 Å². The number of aromatic amines is 1. The summed E-state index contributed by atoms with van der Waals surface area (Å²) in [6.45, 7) is 3.38. The summed E-state index contributed by atoms with van der Waals surface area (Å²) in [5.41, 5.74) is 3.97. The van der Waals surface area contributed by atoms with Crippen LogP contribution in [0.1, 0.15) is 11.1 Å². The molecule has 1 aliphatic rings. The van der Waals surface area contributed by atoms with Crippen LogP contribution in [0.3, 0.4) is 0 Å². The fourth-order valence-corrected chi connectivity index (χ4v) is 3.54. The van der Waals surface area contributed by atoms with E-state index in [1.54, 1.807) is 12.7 Å². The van der Waals surface area contributed by atoms with Gasteiger partial charge in [-0.2, -0.15) is 0 Å². The second-order valence-corrected chi connectivity index (χ2v) is 6.83. The monoisotopic (exact) mass is 372 g/mol. The van der Waals surface area contributed by atoms with Crippen LogP contribution in [0.4, 0.5) is 11.8 Å². The van der Waals surface area contributed by atoms with Crippen molar-refractivity contribution in [3.05, 3.63) is 66.5 Å². The van der Waals surface area contributed by atoms with Crippen LogP contribution in [0.5, 0.6) is 0 Å². The number of nitrogens with one attached hydrogen (secondary N) is 1. The average Bonchev–Trinajstić information content (AvgIpc) is 3.24. The smallest absolute Gasteiger partial charge is 0.225 e. The van der Waals surface area contributed by atoms with Gasteiger partial charge in [-0.1, -0.05) is 30.3 Å². The average molecular weight is 372 g/mol. The Morgan fingerprint density at radius 2 is 1.54 bits per heavy atom. The Bertz CT molecular complexity index is 1050. The van der Waals surface area contributed by atoms with Crippen molar-refractivity contribution in [1.82, 2.24) is 29.9 Å². The molecule has 0 saturated carbocycles. The first-order valence-corrected chi connectivity index (χ1v) is 9.35. The number of aromatic nitrogens is 6. The maximum Gasteiger partial charge on any atom is 0.225 e. The Hall–Kier alpha value is -3.55. The van der Waals surface area contributed by atoms with Crippen LogP contribution in [0.2, 0.25) is 0 Å². The lowest BCUT2D eigenvalue weighted by molar-refractivity contribution is 0.635. The quantitative estimate of drug-likeness (QED) is 0.587. The largest absolute Gasteiger partial charge is 0.351 e. The minimum absolute atomic E-state index is 0.699. The highest BCUT2D eigenvalue weighted by molar-refractivity contribution is 5.82. The Labute approximate surface area is 162 Å². The van der Waals surface area contributed by atoms with Crippen LogP contribution in [0, 0.1) is 0 Å². The SMILES string of the molecule is c1ccc(Cc2cnc(N3CCN(c4ncnc5nc[nH]c45)CC3)nc2)cc1. The van der Waals surface area contributed by atoms with Gasteiger partial charge in [0.25, 0.3) is 0 Å². The Kier molecular flexibility index (Phi) is 4.29. The minimum atomic E-state index is 0.699. The minimum Gasteiger partial charge on any atom is -0.351 e. The van der Waals surface area contributed by atoms with Crippen molar-refractivity contribution >= 4 is 22.9 Å². The van der Waals surface area contributed by atoms with Crippen molar-refractivity contribution in [2.24, 2.45) is 0 Å². The summed E-state index contributed by atoms with van der Waals surface area (Å²) < 4.78 is 0. The summed E-state index contributed by atoms with van der Waals surface area (Å²) in [7, 11) is 0. The zero-order valence-electron chi connectivity index (χ0n) is 15.4. The Morgan fingerprint density at radius 3 is 2.32 bits per heavy atom. The second-order valence-electron chi connectivity index (χ2n) is 6.83. The number of benzene rings is 1. The molecule has 4 heterocycles. The Morgan fingerprint density at radius 1 is 0.786 bits per heavy atom. The standard InChI is InChI=1S/C20H20N8/c1-2-4-15(5-3-1)10-16-11-21-20(22-12-16)28-8-6-27(7-9-28)19-17-18(24-13-23-17)25-14-26-19/h1-5,11-14H,6-10H2,(H,23,24,25,26). The number of fused-ring (bicyclic) bond motifs is 1. The van der Waals surface area contributed by atoms with Gasteiger partial charge in [-0.15, -0.1) is 0 Å². The molecule has 5 rings (SSSR count). The number of hydrogen-bond acceptors (Lipinski definition) is 7. The van der Waals surface area contributed by atoms with E-state index < -0.39 is 0 Å². The third kappa shape index (κ3) is 3.24. The zero-order chi connectivity index (χ0) is 18.8. The molecule has 0 atom stereocenters. The normalized spacial score (nSPS) is 14.6. The molecule has 1 N–H and O–H groups in total. The van der Waals surface area contributed by atoms with Gasteiger partial charge in [-0.25, -0.2) is 24.9 Å². The third-order valence-corrected chi connectivity index (χ3v) is 5.01. The second kappa shape index (κ2) is 7.22. The molecule has 8 nitrogen and oxygen atoms in total. The van der Waals surface area contributed by atoms with Crippen LogP contribution in [-0.4, -0.2) is 56.1 Å². The number of hydrogen-bond donors (Lipinski definition) is 1. The summed E-state index contributed by atoms with van der Waals surface area (Å²) in [4.78, 5) is 29.6. The molecule has 1 fully saturated rings. The molecule has 0 unspecified atom stereocenters. The van der Waals surface area contributed by atoms with Crippen molar-refractivity contribution in [1.29, 1.82) is 0 Å². The molecule has 4 aromatic rings. The van der Waals surface area contributed by atoms with Crippen molar-refractivity contribution in [2.45, 2.75) is 6.42 Å². The van der Waals surface area contributed by atoms with E-state index in [-0.39, 0.29) is 0 Å². The van der Waals surface area contributed by atoms with Crippen molar-refractivity contribution in [2.75, 3.05) is 36.0 Å². The molecule has 1 aliphatic heterocycles. The molecular formula is C20H20N8. The van der Waals surface area contributed by atoms with Crippen LogP contribution in [-0.2, 0) is 6.42 Å². The first kappa shape index (κ1) is 16.6. The topological polar surface area (TPSA) is 86.7 Å². The van der Waals surface area contributed by atoms with Gasteiger partial charge in [-0.3, -0.25) is 0 Å². The first-order chi connectivity index (χ1) is 13.9. The van der Waals surface area contributed by atoms with E-state index in [0.717, 1.165) is 55.4 Å². The van der Waals surface area contributed by atoms with E-state index >= 15 is 0 Å². The van der Waals surface area contributed by atoms with Crippen molar-refractivity contribution in [3.8, 4) is 0 Å². The fourth-order valence-electron chi connectivity index (χ4n) is 3.54. The molecule has 140 valence electrons. The van der Waals surface area contributed by atoms with E-state index in [9.17, 15) is 0 Å². The maximum absolute atomic E-state index is 4.59. The molecule has 1 saturated heterocycles. The molecular weight excluding hydrogens is 352 g/mol. The van der Waals surface area contributed by atoms with Gasteiger partial charge in [0.05, 0.1) is 6.33 Å². The number of imidazole rings is 1. The molecule has 8 heteroatoms. The summed E-state index contributed by atoms with van der Waals surface area (Å²) >= 11 is 0. The van der Waals surface area contributed by atoms with Crippen LogP contribution < -0.4 is 9.80 Å². The zero-order valence-corrected chi connectivity index (χ0v) is 15.4. The van der Waals surface area contributed by atoms with Gasteiger partial charge in [0, 0.05) is 45.0 Å². The third-order valence-electron chi connectivity index (χ3n) is 5.01. The molecule has 0 amide bonds. The maximum atomic E-state index is 4.59. The lowest BCUT2D eigenvalue weighted by Crippen LogP contribution is -2.47. The number of nitrogens with zero attached hydrogens (tertiary/aromatic N) is 7. The predicted molar refractivity (Wildman–Crippen MR) is 107 cm³/mol. The number of piperazine rings is 1. The van der Waals surface area contributed by atoms with Gasteiger partial charge < -0.3 is 14.8 Å². The lowest BCUT2D eigenvalue weighted by atomic mass is 10.1. The molecule has 28 heavy (non-hydrogen) atoms. The van der Waals surface area contributed by atoms with Gasteiger partial charge >= 0.3 is 0 Å². The van der Waals surface area contributed by atoms with Crippen molar-refractivity contribution in [3.63, 3.8) is 0 Å². The lowest BCUT2D eigenvalue weighted by Gasteiger charge is -2.35. The first-order valence-electron chi connectivity index (χ1n) is 9.35. The van der Waals surface area contributed by atoms with Gasteiger partial charge in [-0.05, 0) is 11.1 Å². The highest BCUT2D eigenvalue weighted by Gasteiger charge is 2.22. The predicted octanol–water partition coefficient (Wildman–Crippen LogP) is 2.06. The molecule has 0 radical (unpaired) electrons. The number of H-pyrrole nitrogens is 1. The Balaban J connectivity index is 1.25. The summed E-state index contributed by atoms with van der Waals surface area (Å²) in [5.74, 6) is 1.69. The highest BCUT2D eigenvalue weighted by atomic mass is 15.3. The van der Waals surface area contributed by atoms with Crippen LogP contribution >= 0.6 is 0 Å². The van der Waals surface area contributed by atoms with E-state index in [2.05, 4.69) is 64.0 Å². The highest BCUT2D eigenvalue weighted by Crippen LogP contribution is 2.22. The van der Waals surface area contributed by atoms with Crippen LogP contribution in [0.15, 0.2) is 55.4 Å². The van der Waals surface area contributed by atoms with Crippen LogP contribution in [0.25, 0.3) is 11.2 Å². The number of rotatable bonds is 4. The molecule has 0 spiro atoms. The molecule has 3 aromatic heterocycles. The van der Waals surface area contributed by atoms with E-state index in [1.807, 2.05) is 18.5 Å².